The Labute approximate surface area is 210 Å². The average molecular weight is 515 g/mol. The number of aromatic nitrogens is 2. The molecule has 3 aromatic rings. The Morgan fingerprint density at radius 1 is 0.865 bits per heavy atom. The van der Waals surface area contributed by atoms with E-state index < -0.39 is 23.6 Å². The number of hydrogen-bond donors (Lipinski definition) is 2. The predicted molar refractivity (Wildman–Crippen MR) is 128 cm³/mol. The molecule has 1 aromatic heterocycles. The zero-order valence-corrected chi connectivity index (χ0v) is 19.6. The molecule has 3 N–H and O–H groups in total. The molecule has 4 rings (SSSR count). The molecule has 1 saturated heterocycles. The minimum absolute atomic E-state index is 0.184. The van der Waals surface area contributed by atoms with E-state index in [9.17, 15) is 27.6 Å². The van der Waals surface area contributed by atoms with Gasteiger partial charge in [-0.3, -0.25) is 9.59 Å². The Balaban J connectivity index is 0.000000319. The highest BCUT2D eigenvalue weighted by atomic mass is 19.4. The molecule has 2 amide bonds. The number of halogens is 3. The topological polar surface area (TPSA) is 130 Å². The molecule has 0 radical (unpaired) electrons. The van der Waals surface area contributed by atoms with E-state index in [0.717, 1.165) is 11.6 Å². The van der Waals surface area contributed by atoms with Crippen molar-refractivity contribution in [2.75, 3.05) is 31.1 Å². The number of rotatable bonds is 5. The summed E-state index contributed by atoms with van der Waals surface area (Å²) >= 11 is 0. The summed E-state index contributed by atoms with van der Waals surface area (Å²) in [5.41, 5.74) is 4.45. The van der Waals surface area contributed by atoms with E-state index in [1.165, 1.54) is 35.2 Å². The first-order valence-electron chi connectivity index (χ1n) is 11.2. The van der Waals surface area contributed by atoms with Crippen molar-refractivity contribution in [2.45, 2.75) is 12.6 Å². The van der Waals surface area contributed by atoms with Crippen LogP contribution in [0.25, 0.3) is 0 Å². The van der Waals surface area contributed by atoms with Crippen LogP contribution in [0.15, 0.2) is 66.7 Å². The maximum absolute atomic E-state index is 13.1. The quantitative estimate of drug-likeness (QED) is 0.535. The van der Waals surface area contributed by atoms with E-state index in [2.05, 4.69) is 10.2 Å². The number of hydrogen-bond acceptors (Lipinski definition) is 6. The Bertz CT molecular complexity index is 1230. The zero-order valence-electron chi connectivity index (χ0n) is 19.6. The maximum Gasteiger partial charge on any atom is 0.417 e. The van der Waals surface area contributed by atoms with Gasteiger partial charge in [0.2, 0.25) is 5.91 Å². The number of carboxylic acid groups (broad SMARTS) is 1. The minimum atomic E-state index is -4.60. The molecule has 1 fully saturated rings. The molecule has 0 bridgehead atoms. The van der Waals surface area contributed by atoms with Gasteiger partial charge < -0.3 is 20.6 Å². The number of carboxylic acids is 1. The monoisotopic (exact) mass is 515 g/mol. The maximum atomic E-state index is 13.1. The van der Waals surface area contributed by atoms with Gasteiger partial charge in [-0.25, -0.2) is 4.79 Å². The lowest BCUT2D eigenvalue weighted by Crippen LogP contribution is -2.49. The summed E-state index contributed by atoms with van der Waals surface area (Å²) in [6.07, 6.45) is -4.27. The van der Waals surface area contributed by atoms with Gasteiger partial charge in [0.25, 0.3) is 5.91 Å². The third-order valence-corrected chi connectivity index (χ3v) is 5.44. The molecule has 0 atom stereocenters. The molecule has 37 heavy (non-hydrogen) atoms. The fraction of sp³-hybridized carbons (Fsp3) is 0.240. The molecule has 1 aliphatic heterocycles. The fourth-order valence-corrected chi connectivity index (χ4v) is 3.63. The number of alkyl halides is 3. The Kier molecular flexibility index (Phi) is 8.77. The van der Waals surface area contributed by atoms with Gasteiger partial charge in [0.05, 0.1) is 17.5 Å². The second-order valence-electron chi connectivity index (χ2n) is 8.03. The smallest absolute Gasteiger partial charge is 0.417 e. The van der Waals surface area contributed by atoms with Crippen LogP contribution in [0.5, 0.6) is 0 Å². The second-order valence-corrected chi connectivity index (χ2v) is 8.03. The number of amides is 2. The SMILES string of the molecule is NC(=O)Cc1ccccc1.O=C(O)c1ccc(N2CCN(C(=O)c3ccccc3C(F)(F)F)CC2)nn1. The second kappa shape index (κ2) is 12.0. The van der Waals surface area contributed by atoms with Crippen LogP contribution in [0, 0.1) is 0 Å². The molecule has 9 nitrogen and oxygen atoms in total. The lowest BCUT2D eigenvalue weighted by molar-refractivity contribution is -0.138. The van der Waals surface area contributed by atoms with E-state index in [0.29, 0.717) is 25.3 Å². The van der Waals surface area contributed by atoms with Crippen molar-refractivity contribution in [1.29, 1.82) is 0 Å². The predicted octanol–water partition coefficient (Wildman–Crippen LogP) is 2.87. The van der Waals surface area contributed by atoms with Crippen LogP contribution in [-0.4, -0.2) is 64.2 Å². The zero-order chi connectivity index (χ0) is 27.0. The van der Waals surface area contributed by atoms with Gasteiger partial charge in [-0.05, 0) is 29.8 Å². The Morgan fingerprint density at radius 3 is 2.03 bits per heavy atom. The number of carbonyl (C=O) groups is 3. The third kappa shape index (κ3) is 7.50. The van der Waals surface area contributed by atoms with Crippen molar-refractivity contribution in [2.24, 2.45) is 5.73 Å². The summed E-state index contributed by atoms with van der Waals surface area (Å²) in [6.45, 7) is 1.13. The molecule has 1 aliphatic rings. The summed E-state index contributed by atoms with van der Waals surface area (Å²) in [5.74, 6) is -1.70. The lowest BCUT2D eigenvalue weighted by atomic mass is 10.1. The molecule has 2 aromatic carbocycles. The van der Waals surface area contributed by atoms with Crippen molar-refractivity contribution in [3.8, 4) is 0 Å². The molecular formula is C25H24F3N5O4. The van der Waals surface area contributed by atoms with Gasteiger partial charge in [0, 0.05) is 26.2 Å². The molecule has 0 unspecified atom stereocenters. The normalized spacial score (nSPS) is 13.4. The highest BCUT2D eigenvalue weighted by molar-refractivity contribution is 5.96. The number of carbonyl (C=O) groups excluding carboxylic acids is 2. The summed E-state index contributed by atoms with van der Waals surface area (Å²) in [6, 6.07) is 17.0. The Hall–Kier alpha value is -4.48. The molecule has 12 heteroatoms. The largest absolute Gasteiger partial charge is 0.476 e. The number of benzene rings is 2. The van der Waals surface area contributed by atoms with Crippen LogP contribution < -0.4 is 10.6 Å². The molecule has 0 spiro atoms. The van der Waals surface area contributed by atoms with E-state index in [4.69, 9.17) is 10.8 Å². The van der Waals surface area contributed by atoms with Crippen LogP contribution in [-0.2, 0) is 17.4 Å². The van der Waals surface area contributed by atoms with Crippen LogP contribution in [0.1, 0.15) is 32.0 Å². The van der Waals surface area contributed by atoms with Crippen molar-refractivity contribution in [3.05, 3.63) is 89.1 Å². The van der Waals surface area contributed by atoms with Crippen molar-refractivity contribution in [1.82, 2.24) is 15.1 Å². The van der Waals surface area contributed by atoms with E-state index in [-0.39, 0.29) is 30.3 Å². The molecular weight excluding hydrogens is 491 g/mol. The first-order valence-corrected chi connectivity index (χ1v) is 11.2. The van der Waals surface area contributed by atoms with Crippen molar-refractivity contribution < 1.29 is 32.7 Å². The number of nitrogens with zero attached hydrogens (tertiary/aromatic N) is 4. The standard InChI is InChI=1S/C17H15F3N4O3.C8H9NO/c18-17(19,20)12-4-2-1-3-11(12)15(25)24-9-7-23(8-10-24)14-6-5-13(16(26)27)21-22-14;9-8(10)6-7-4-2-1-3-5-7/h1-6H,7-10H2,(H,26,27);1-5H,6H2,(H2,9,10). The average Bonchev–Trinajstić information content (AvgIpc) is 2.88. The summed E-state index contributed by atoms with van der Waals surface area (Å²) < 4.78 is 39.3. The minimum Gasteiger partial charge on any atom is -0.476 e. The van der Waals surface area contributed by atoms with Gasteiger partial charge in [0.15, 0.2) is 11.5 Å². The molecule has 0 saturated carbocycles. The first-order chi connectivity index (χ1) is 17.6. The number of aromatic carboxylic acids is 1. The highest BCUT2D eigenvalue weighted by Crippen LogP contribution is 2.32. The van der Waals surface area contributed by atoms with Crippen LogP contribution in [0.3, 0.4) is 0 Å². The first kappa shape index (κ1) is 27.1. The number of primary amides is 1. The summed E-state index contributed by atoms with van der Waals surface area (Å²) in [7, 11) is 0. The third-order valence-electron chi connectivity index (χ3n) is 5.44. The molecule has 2 heterocycles. The van der Waals surface area contributed by atoms with Crippen molar-refractivity contribution >= 4 is 23.6 Å². The van der Waals surface area contributed by atoms with Crippen LogP contribution in [0.2, 0.25) is 0 Å². The van der Waals surface area contributed by atoms with Crippen molar-refractivity contribution in [3.63, 3.8) is 0 Å². The van der Waals surface area contributed by atoms with Gasteiger partial charge in [-0.1, -0.05) is 42.5 Å². The van der Waals surface area contributed by atoms with E-state index >= 15 is 0 Å². The van der Waals surface area contributed by atoms with Gasteiger partial charge in [0.1, 0.15) is 0 Å². The van der Waals surface area contributed by atoms with Gasteiger partial charge in [-0.2, -0.15) is 13.2 Å². The number of nitrogens with two attached hydrogens (primary N) is 1. The Morgan fingerprint density at radius 2 is 1.49 bits per heavy atom. The lowest BCUT2D eigenvalue weighted by Gasteiger charge is -2.35. The summed E-state index contributed by atoms with van der Waals surface area (Å²) in [5, 5.41) is 16.3. The van der Waals surface area contributed by atoms with Gasteiger partial charge >= 0.3 is 12.1 Å². The number of piperazine rings is 1. The fourth-order valence-electron chi connectivity index (χ4n) is 3.63. The van der Waals surface area contributed by atoms with Crippen LogP contribution in [0.4, 0.5) is 19.0 Å². The van der Waals surface area contributed by atoms with E-state index in [1.54, 1.807) is 4.90 Å². The highest BCUT2D eigenvalue weighted by Gasteiger charge is 2.36. The molecule has 0 aliphatic carbocycles. The molecule has 194 valence electrons. The van der Waals surface area contributed by atoms with Crippen LogP contribution >= 0.6 is 0 Å². The van der Waals surface area contributed by atoms with Gasteiger partial charge in [-0.15, -0.1) is 10.2 Å². The summed E-state index contributed by atoms with van der Waals surface area (Å²) in [4.78, 5) is 36.9. The number of anilines is 1. The van der Waals surface area contributed by atoms with E-state index in [1.807, 2.05) is 30.3 Å².